The molecule has 0 spiro atoms. The first kappa shape index (κ1) is 15.6. The van der Waals surface area contributed by atoms with Crippen LogP contribution in [0, 0.1) is 5.92 Å². The van der Waals surface area contributed by atoms with Crippen molar-refractivity contribution in [3.05, 3.63) is 11.5 Å². The molecule has 1 amide bonds. The molecular formula is C16H21ClN6O. The Labute approximate surface area is 145 Å². The lowest BCUT2D eigenvalue weighted by molar-refractivity contribution is -0.140. The standard InChI is InChI=1S/C16H21ClN6O/c1-21(2)16-19-14(17)13-15(20-16)23(8-18-13)10-5-4-9-6-11(10)22(3)12(24)7-9/h8-11H,4-7H2,1-3H3/t9-,10-,11+/m1/s1. The zero-order chi connectivity index (χ0) is 17.0. The first-order chi connectivity index (χ1) is 11.5. The van der Waals surface area contributed by atoms with E-state index in [1.165, 1.54) is 0 Å². The van der Waals surface area contributed by atoms with Crippen molar-refractivity contribution >= 4 is 34.6 Å². The van der Waals surface area contributed by atoms with Gasteiger partial charge in [0.15, 0.2) is 10.8 Å². The Kier molecular flexibility index (Phi) is 3.63. The molecule has 0 radical (unpaired) electrons. The van der Waals surface area contributed by atoms with Crippen LogP contribution in [0.4, 0.5) is 5.95 Å². The molecule has 8 heteroatoms. The Morgan fingerprint density at radius 1 is 1.25 bits per heavy atom. The molecule has 2 bridgehead atoms. The van der Waals surface area contributed by atoms with Crippen LogP contribution in [0.25, 0.3) is 11.2 Å². The molecule has 2 aliphatic rings. The number of amides is 1. The van der Waals surface area contributed by atoms with Crippen LogP contribution in [0.3, 0.4) is 0 Å². The van der Waals surface area contributed by atoms with Crippen LogP contribution in [0.2, 0.25) is 5.15 Å². The number of piperidine rings is 1. The van der Waals surface area contributed by atoms with Crippen molar-refractivity contribution in [3.63, 3.8) is 0 Å². The summed E-state index contributed by atoms with van der Waals surface area (Å²) in [6.07, 6.45) is 5.62. The van der Waals surface area contributed by atoms with Crippen LogP contribution >= 0.6 is 11.6 Å². The van der Waals surface area contributed by atoms with Gasteiger partial charge in [0, 0.05) is 27.6 Å². The summed E-state index contributed by atoms with van der Waals surface area (Å²) in [6, 6.07) is 0.375. The molecule has 1 aliphatic carbocycles. The Hall–Kier alpha value is -1.89. The lowest BCUT2D eigenvalue weighted by Crippen LogP contribution is -2.50. The average molecular weight is 349 g/mol. The average Bonchev–Trinajstić information content (AvgIpc) is 2.97. The van der Waals surface area contributed by atoms with Crippen LogP contribution in [-0.4, -0.2) is 57.5 Å². The van der Waals surface area contributed by atoms with Crippen LogP contribution < -0.4 is 4.90 Å². The van der Waals surface area contributed by atoms with E-state index in [-0.39, 0.29) is 18.0 Å². The van der Waals surface area contributed by atoms with Gasteiger partial charge >= 0.3 is 0 Å². The van der Waals surface area contributed by atoms with E-state index in [1.807, 2.05) is 30.9 Å². The van der Waals surface area contributed by atoms with Crippen LogP contribution in [0.5, 0.6) is 0 Å². The fourth-order valence-corrected chi connectivity index (χ4v) is 4.24. The highest BCUT2D eigenvalue weighted by molar-refractivity contribution is 6.33. The molecular weight excluding hydrogens is 328 g/mol. The summed E-state index contributed by atoms with van der Waals surface area (Å²) in [5.74, 6) is 1.32. The first-order valence-electron chi connectivity index (χ1n) is 8.28. The Bertz CT molecular complexity index is 803. The molecule has 2 aromatic rings. The highest BCUT2D eigenvalue weighted by Crippen LogP contribution is 2.41. The number of hydrogen-bond acceptors (Lipinski definition) is 5. The number of imidazole rings is 1. The molecule has 7 nitrogen and oxygen atoms in total. The molecule has 0 unspecified atom stereocenters. The van der Waals surface area contributed by atoms with Crippen molar-refractivity contribution in [2.45, 2.75) is 37.8 Å². The molecule has 3 atom stereocenters. The van der Waals surface area contributed by atoms with Crippen molar-refractivity contribution < 1.29 is 4.79 Å². The summed E-state index contributed by atoms with van der Waals surface area (Å²) < 4.78 is 2.09. The predicted octanol–water partition coefficient (Wildman–Crippen LogP) is 2.12. The van der Waals surface area contributed by atoms with Crippen LogP contribution in [0.1, 0.15) is 31.7 Å². The molecule has 2 aromatic heterocycles. The molecule has 0 aromatic carbocycles. The normalized spacial score (nSPS) is 26.9. The molecule has 4 rings (SSSR count). The summed E-state index contributed by atoms with van der Waals surface area (Å²) in [7, 11) is 5.68. The number of halogens is 1. The van der Waals surface area contributed by atoms with E-state index in [9.17, 15) is 4.79 Å². The second-order valence-corrected chi connectivity index (χ2v) is 7.41. The lowest BCUT2D eigenvalue weighted by atomic mass is 9.76. The topological polar surface area (TPSA) is 67.2 Å². The fourth-order valence-electron chi connectivity index (χ4n) is 4.03. The van der Waals surface area contributed by atoms with Crippen molar-refractivity contribution in [2.75, 3.05) is 26.0 Å². The number of hydrogen-bond donors (Lipinski definition) is 0. The second kappa shape index (κ2) is 5.58. The monoisotopic (exact) mass is 348 g/mol. The maximum absolute atomic E-state index is 12.2. The molecule has 1 aliphatic heterocycles. The van der Waals surface area contributed by atoms with E-state index in [0.29, 0.717) is 29.0 Å². The van der Waals surface area contributed by atoms with Gasteiger partial charge < -0.3 is 14.4 Å². The molecule has 3 heterocycles. The molecule has 2 fully saturated rings. The van der Waals surface area contributed by atoms with Gasteiger partial charge in [-0.15, -0.1) is 0 Å². The predicted molar refractivity (Wildman–Crippen MR) is 92.2 cm³/mol. The molecule has 1 saturated heterocycles. The minimum absolute atomic E-state index is 0.182. The molecule has 128 valence electrons. The smallest absolute Gasteiger partial charge is 0.228 e. The number of likely N-dealkylation sites (tertiary alicyclic amines) is 1. The highest BCUT2D eigenvalue weighted by Gasteiger charge is 2.41. The summed E-state index contributed by atoms with van der Waals surface area (Å²) in [4.78, 5) is 29.3. The van der Waals surface area contributed by atoms with E-state index >= 15 is 0 Å². The fraction of sp³-hybridized carbons (Fsp3) is 0.625. The number of aromatic nitrogens is 4. The number of carbonyl (C=O) groups is 1. The van der Waals surface area contributed by atoms with E-state index in [0.717, 1.165) is 24.9 Å². The molecule has 24 heavy (non-hydrogen) atoms. The Balaban J connectivity index is 1.80. The van der Waals surface area contributed by atoms with Crippen LogP contribution in [-0.2, 0) is 4.79 Å². The van der Waals surface area contributed by atoms with Crippen molar-refractivity contribution in [2.24, 2.45) is 5.92 Å². The van der Waals surface area contributed by atoms with Gasteiger partial charge in [0.2, 0.25) is 11.9 Å². The van der Waals surface area contributed by atoms with Gasteiger partial charge in [-0.2, -0.15) is 9.97 Å². The zero-order valence-corrected chi connectivity index (χ0v) is 14.9. The van der Waals surface area contributed by atoms with Gasteiger partial charge in [-0.3, -0.25) is 4.79 Å². The summed E-state index contributed by atoms with van der Waals surface area (Å²) in [6.45, 7) is 0. The quantitative estimate of drug-likeness (QED) is 0.778. The number of anilines is 1. The Morgan fingerprint density at radius 3 is 2.79 bits per heavy atom. The van der Waals surface area contributed by atoms with Gasteiger partial charge in [-0.1, -0.05) is 11.6 Å². The SMILES string of the molecule is CN(C)c1nc(Cl)c2ncn([C@@H]3CC[C@H]4CC(=O)N(C)[C@H]3C4)c2n1. The summed E-state index contributed by atoms with van der Waals surface area (Å²) in [5, 5.41) is 0.365. The van der Waals surface area contributed by atoms with E-state index in [1.54, 1.807) is 6.33 Å². The number of rotatable bonds is 2. The highest BCUT2D eigenvalue weighted by atomic mass is 35.5. The van der Waals surface area contributed by atoms with Gasteiger partial charge in [0.25, 0.3) is 0 Å². The summed E-state index contributed by atoms with van der Waals surface area (Å²) >= 11 is 6.30. The third kappa shape index (κ3) is 2.33. The lowest BCUT2D eigenvalue weighted by Gasteiger charge is -2.45. The number of likely N-dealkylation sites (N-methyl/N-ethyl adjacent to an activating group) is 1. The minimum Gasteiger partial charge on any atom is -0.347 e. The maximum Gasteiger partial charge on any atom is 0.228 e. The minimum atomic E-state index is 0.182. The Morgan fingerprint density at radius 2 is 2.04 bits per heavy atom. The van der Waals surface area contributed by atoms with Gasteiger partial charge in [-0.05, 0) is 25.2 Å². The first-order valence-corrected chi connectivity index (χ1v) is 8.66. The zero-order valence-electron chi connectivity index (χ0n) is 14.1. The number of fused-ring (bicyclic) bond motifs is 3. The number of carbonyl (C=O) groups excluding carboxylic acids is 1. The maximum atomic E-state index is 12.2. The largest absolute Gasteiger partial charge is 0.347 e. The number of nitrogens with zero attached hydrogens (tertiary/aromatic N) is 6. The van der Waals surface area contributed by atoms with E-state index in [4.69, 9.17) is 11.6 Å². The second-order valence-electron chi connectivity index (χ2n) is 7.06. The van der Waals surface area contributed by atoms with Crippen molar-refractivity contribution in [3.8, 4) is 0 Å². The summed E-state index contributed by atoms with van der Waals surface area (Å²) in [5.41, 5.74) is 1.36. The third-order valence-corrected chi connectivity index (χ3v) is 5.63. The van der Waals surface area contributed by atoms with Crippen LogP contribution in [0.15, 0.2) is 6.33 Å². The molecule has 1 saturated carbocycles. The van der Waals surface area contributed by atoms with E-state index in [2.05, 4.69) is 19.5 Å². The van der Waals surface area contributed by atoms with E-state index < -0.39 is 0 Å². The third-order valence-electron chi connectivity index (χ3n) is 5.37. The van der Waals surface area contributed by atoms with Gasteiger partial charge in [0.1, 0.15) is 5.52 Å². The van der Waals surface area contributed by atoms with Gasteiger partial charge in [-0.25, -0.2) is 4.98 Å². The molecule has 0 N–H and O–H groups in total. The van der Waals surface area contributed by atoms with Crippen molar-refractivity contribution in [1.29, 1.82) is 0 Å². The van der Waals surface area contributed by atoms with Gasteiger partial charge in [0.05, 0.1) is 18.4 Å². The van der Waals surface area contributed by atoms with Crippen molar-refractivity contribution in [1.82, 2.24) is 24.4 Å².